The molecule has 5 heteroatoms. The molecule has 0 bridgehead atoms. The molecule has 1 aliphatic rings. The van der Waals surface area contributed by atoms with Gasteiger partial charge in [0.2, 0.25) is 0 Å². The lowest BCUT2D eigenvalue weighted by Gasteiger charge is -2.37. The van der Waals surface area contributed by atoms with Crippen molar-refractivity contribution >= 4 is 0 Å². The van der Waals surface area contributed by atoms with Gasteiger partial charge in [0.25, 0.3) is 0 Å². The van der Waals surface area contributed by atoms with Crippen molar-refractivity contribution in [1.29, 1.82) is 0 Å². The third-order valence-electron chi connectivity index (χ3n) is 3.82. The number of benzene rings is 1. The number of hydrogen-bond donors (Lipinski definition) is 1. The number of nitrogens with one attached hydrogen (secondary N) is 1. The summed E-state index contributed by atoms with van der Waals surface area (Å²) in [6.07, 6.45) is -3.33. The smallest absolute Gasteiger partial charge is 0.305 e. The number of nitrogens with zero attached hydrogens (tertiary/aromatic N) is 1. The third-order valence-corrected chi connectivity index (χ3v) is 3.82. The molecule has 0 amide bonds. The molecule has 1 saturated heterocycles. The largest absolute Gasteiger partial charge is 0.401 e. The van der Waals surface area contributed by atoms with Gasteiger partial charge in [-0.25, -0.2) is 0 Å². The van der Waals surface area contributed by atoms with Crippen molar-refractivity contribution in [3.63, 3.8) is 0 Å². The maximum absolute atomic E-state index is 12.3. The van der Waals surface area contributed by atoms with Gasteiger partial charge in [-0.05, 0) is 24.8 Å². The van der Waals surface area contributed by atoms with E-state index < -0.39 is 12.7 Å². The maximum Gasteiger partial charge on any atom is 0.401 e. The summed E-state index contributed by atoms with van der Waals surface area (Å²) in [5.41, 5.74) is 2.43. The average molecular weight is 300 g/mol. The highest BCUT2D eigenvalue weighted by Crippen LogP contribution is 2.20. The number of alkyl halides is 3. The van der Waals surface area contributed by atoms with Crippen molar-refractivity contribution in [2.75, 3.05) is 19.6 Å². The van der Waals surface area contributed by atoms with Gasteiger partial charge < -0.3 is 5.32 Å². The van der Waals surface area contributed by atoms with Crippen LogP contribution in [0.4, 0.5) is 13.2 Å². The van der Waals surface area contributed by atoms with Gasteiger partial charge in [-0.1, -0.05) is 36.8 Å². The molecule has 0 radical (unpaired) electrons. The molecular formula is C16H23F3N2. The van der Waals surface area contributed by atoms with Crippen LogP contribution in [0, 0.1) is 12.8 Å². The van der Waals surface area contributed by atoms with E-state index in [2.05, 4.69) is 42.3 Å². The Morgan fingerprint density at radius 1 is 1.29 bits per heavy atom. The molecule has 1 heterocycles. The fourth-order valence-corrected chi connectivity index (χ4v) is 3.07. The van der Waals surface area contributed by atoms with Crippen molar-refractivity contribution in [2.24, 2.45) is 5.92 Å². The van der Waals surface area contributed by atoms with Crippen LogP contribution in [0.2, 0.25) is 0 Å². The van der Waals surface area contributed by atoms with Crippen LogP contribution in [0.1, 0.15) is 24.5 Å². The molecule has 118 valence electrons. The molecule has 2 nitrogen and oxygen atoms in total. The standard InChI is InChI=1S/C16H23F3N2/c1-12-4-3-5-14(6-12)9-21-8-13(2)7-15(10-21)20-11-16(17,18)19/h3-6,13,15,20H,7-11H2,1-2H3. The molecule has 21 heavy (non-hydrogen) atoms. The Morgan fingerprint density at radius 3 is 2.71 bits per heavy atom. The minimum Gasteiger partial charge on any atom is -0.305 e. The van der Waals surface area contributed by atoms with Crippen LogP contribution in [0.3, 0.4) is 0 Å². The van der Waals surface area contributed by atoms with E-state index in [0.717, 1.165) is 19.5 Å². The van der Waals surface area contributed by atoms with E-state index in [1.807, 2.05) is 6.07 Å². The van der Waals surface area contributed by atoms with Crippen molar-refractivity contribution in [1.82, 2.24) is 10.2 Å². The Bertz CT molecular complexity index is 459. The van der Waals surface area contributed by atoms with E-state index >= 15 is 0 Å². The summed E-state index contributed by atoms with van der Waals surface area (Å²) >= 11 is 0. The summed E-state index contributed by atoms with van der Waals surface area (Å²) in [5, 5.41) is 2.65. The first-order valence-electron chi connectivity index (χ1n) is 7.40. The lowest BCUT2D eigenvalue weighted by atomic mass is 9.95. The molecule has 2 unspecified atom stereocenters. The van der Waals surface area contributed by atoms with Gasteiger partial charge in [0.05, 0.1) is 6.54 Å². The first kappa shape index (κ1) is 16.3. The summed E-state index contributed by atoms with van der Waals surface area (Å²) in [5.74, 6) is 0.411. The zero-order valence-corrected chi connectivity index (χ0v) is 12.6. The number of likely N-dealkylation sites (tertiary alicyclic amines) is 1. The quantitative estimate of drug-likeness (QED) is 0.917. The van der Waals surface area contributed by atoms with E-state index in [0.29, 0.717) is 12.5 Å². The first-order valence-corrected chi connectivity index (χ1v) is 7.40. The molecule has 1 aromatic rings. The summed E-state index contributed by atoms with van der Waals surface area (Å²) in [7, 11) is 0. The van der Waals surface area contributed by atoms with Gasteiger partial charge in [-0.15, -0.1) is 0 Å². The summed E-state index contributed by atoms with van der Waals surface area (Å²) in [6, 6.07) is 8.20. The molecule has 1 N–H and O–H groups in total. The number of aryl methyl sites for hydroxylation is 1. The Balaban J connectivity index is 1.91. The Kier molecular flexibility index (Phi) is 5.27. The van der Waals surface area contributed by atoms with E-state index in [-0.39, 0.29) is 6.04 Å². The van der Waals surface area contributed by atoms with E-state index in [9.17, 15) is 13.2 Å². The number of hydrogen-bond acceptors (Lipinski definition) is 2. The molecular weight excluding hydrogens is 277 g/mol. The highest BCUT2D eigenvalue weighted by atomic mass is 19.4. The highest BCUT2D eigenvalue weighted by Gasteiger charge is 2.31. The van der Waals surface area contributed by atoms with Crippen molar-refractivity contribution < 1.29 is 13.2 Å². The first-order chi connectivity index (χ1) is 9.82. The highest BCUT2D eigenvalue weighted by molar-refractivity contribution is 5.22. The topological polar surface area (TPSA) is 15.3 Å². The van der Waals surface area contributed by atoms with Crippen molar-refractivity contribution in [3.8, 4) is 0 Å². The van der Waals surface area contributed by atoms with Crippen LogP contribution >= 0.6 is 0 Å². The van der Waals surface area contributed by atoms with Crippen LogP contribution in [0.5, 0.6) is 0 Å². The molecule has 0 saturated carbocycles. The molecule has 1 aliphatic heterocycles. The lowest BCUT2D eigenvalue weighted by Crippen LogP contribution is -2.50. The monoisotopic (exact) mass is 300 g/mol. The van der Waals surface area contributed by atoms with E-state index in [1.165, 1.54) is 11.1 Å². The normalized spacial score (nSPS) is 24.2. The van der Waals surface area contributed by atoms with Gasteiger partial charge in [0.1, 0.15) is 0 Å². The lowest BCUT2D eigenvalue weighted by molar-refractivity contribution is -0.127. The van der Waals surface area contributed by atoms with Gasteiger partial charge in [-0.2, -0.15) is 13.2 Å². The van der Waals surface area contributed by atoms with Gasteiger partial charge >= 0.3 is 6.18 Å². The number of halogens is 3. The van der Waals surface area contributed by atoms with Crippen molar-refractivity contribution in [2.45, 2.75) is 39.0 Å². The second-order valence-electron chi connectivity index (χ2n) is 6.22. The van der Waals surface area contributed by atoms with Gasteiger partial charge in [-0.3, -0.25) is 4.90 Å². The van der Waals surface area contributed by atoms with Crippen LogP contribution in [-0.2, 0) is 6.54 Å². The number of rotatable bonds is 4. The maximum atomic E-state index is 12.3. The predicted molar refractivity (Wildman–Crippen MR) is 78.1 cm³/mol. The van der Waals surface area contributed by atoms with Crippen molar-refractivity contribution in [3.05, 3.63) is 35.4 Å². The van der Waals surface area contributed by atoms with E-state index in [1.54, 1.807) is 0 Å². The van der Waals surface area contributed by atoms with Crippen LogP contribution in [0.15, 0.2) is 24.3 Å². The predicted octanol–water partition coefficient (Wildman–Crippen LogP) is 3.36. The molecule has 0 aromatic heterocycles. The molecule has 2 atom stereocenters. The molecule has 2 rings (SSSR count). The fraction of sp³-hybridized carbons (Fsp3) is 0.625. The van der Waals surface area contributed by atoms with Crippen LogP contribution in [-0.4, -0.2) is 36.8 Å². The number of piperidine rings is 1. The molecule has 1 fully saturated rings. The van der Waals surface area contributed by atoms with Crippen LogP contribution < -0.4 is 5.32 Å². The third kappa shape index (κ3) is 5.67. The molecule has 0 spiro atoms. The van der Waals surface area contributed by atoms with Gasteiger partial charge in [0, 0.05) is 25.7 Å². The SMILES string of the molecule is Cc1cccc(CN2CC(C)CC(NCC(F)(F)F)C2)c1. The Labute approximate surface area is 124 Å². The summed E-state index contributed by atoms with van der Waals surface area (Å²) in [6.45, 7) is 5.67. The summed E-state index contributed by atoms with van der Waals surface area (Å²) in [4.78, 5) is 2.25. The second-order valence-corrected chi connectivity index (χ2v) is 6.22. The minimum absolute atomic E-state index is 0.0832. The minimum atomic E-state index is -4.14. The molecule has 0 aliphatic carbocycles. The van der Waals surface area contributed by atoms with E-state index in [4.69, 9.17) is 0 Å². The Morgan fingerprint density at radius 2 is 2.05 bits per heavy atom. The fourth-order valence-electron chi connectivity index (χ4n) is 3.07. The average Bonchev–Trinajstić information content (AvgIpc) is 2.35. The zero-order valence-electron chi connectivity index (χ0n) is 12.6. The van der Waals surface area contributed by atoms with Gasteiger partial charge in [0.15, 0.2) is 0 Å². The second kappa shape index (κ2) is 6.79. The Hall–Kier alpha value is -1.07. The summed E-state index contributed by atoms with van der Waals surface area (Å²) < 4.78 is 37.0. The molecule has 1 aromatic carbocycles. The van der Waals surface area contributed by atoms with Crippen LogP contribution in [0.25, 0.3) is 0 Å². The zero-order chi connectivity index (χ0) is 15.5.